The first-order valence-corrected chi connectivity index (χ1v) is 6.90. The van der Waals surface area contributed by atoms with Gasteiger partial charge in [-0.05, 0) is 18.6 Å². The van der Waals surface area contributed by atoms with Crippen molar-refractivity contribution < 1.29 is 4.74 Å². The van der Waals surface area contributed by atoms with Gasteiger partial charge in [-0.3, -0.25) is 9.59 Å². The highest BCUT2D eigenvalue weighted by Crippen LogP contribution is 2.26. The first-order chi connectivity index (χ1) is 10.7. The van der Waals surface area contributed by atoms with Crippen molar-refractivity contribution in [2.45, 2.75) is 13.3 Å². The number of nitrogens with one attached hydrogen (secondary N) is 2. The maximum Gasteiger partial charge on any atom is 0.277 e. The summed E-state index contributed by atoms with van der Waals surface area (Å²) in [6, 6.07) is 7.30. The van der Waals surface area contributed by atoms with E-state index < -0.39 is 11.1 Å². The first-order valence-electron chi connectivity index (χ1n) is 6.90. The second kappa shape index (κ2) is 5.80. The van der Waals surface area contributed by atoms with Gasteiger partial charge in [0.25, 0.3) is 11.1 Å². The number of aromatic nitrogens is 4. The third-order valence-electron chi connectivity index (χ3n) is 3.06. The van der Waals surface area contributed by atoms with E-state index in [0.717, 1.165) is 12.6 Å². The molecule has 0 amide bonds. The van der Waals surface area contributed by atoms with E-state index in [0.29, 0.717) is 23.7 Å². The van der Waals surface area contributed by atoms with E-state index in [-0.39, 0.29) is 11.2 Å². The number of H-pyrrole nitrogens is 2. The number of nitrogens with zero attached hydrogens (tertiary/aromatic N) is 2. The van der Waals surface area contributed by atoms with Gasteiger partial charge in [0.2, 0.25) is 0 Å². The van der Waals surface area contributed by atoms with Gasteiger partial charge >= 0.3 is 0 Å². The van der Waals surface area contributed by atoms with Gasteiger partial charge in [0.05, 0.1) is 18.4 Å². The predicted octanol–water partition coefficient (Wildman–Crippen LogP) is 1.46. The minimum absolute atomic E-state index is 0.0585. The van der Waals surface area contributed by atoms with E-state index in [9.17, 15) is 9.59 Å². The van der Waals surface area contributed by atoms with Crippen molar-refractivity contribution in [1.29, 1.82) is 0 Å². The first kappa shape index (κ1) is 14.0. The molecule has 0 aliphatic heterocycles. The molecule has 0 saturated heterocycles. The normalized spacial score (nSPS) is 10.8. The summed E-state index contributed by atoms with van der Waals surface area (Å²) in [6.07, 6.45) is 1.97. The zero-order valence-electron chi connectivity index (χ0n) is 11.9. The van der Waals surface area contributed by atoms with Crippen molar-refractivity contribution in [1.82, 2.24) is 19.9 Å². The molecule has 22 heavy (non-hydrogen) atoms. The molecule has 2 N–H and O–H groups in total. The van der Waals surface area contributed by atoms with E-state index in [4.69, 9.17) is 4.74 Å². The number of ether oxygens (including phenoxy) is 1. The van der Waals surface area contributed by atoms with E-state index in [1.807, 2.05) is 25.1 Å². The molecule has 2 aromatic heterocycles. The second-order valence-electron chi connectivity index (χ2n) is 4.71. The minimum Gasteiger partial charge on any atom is -0.493 e. The summed E-state index contributed by atoms with van der Waals surface area (Å²) in [6.45, 7) is 2.58. The molecule has 7 heteroatoms. The summed E-state index contributed by atoms with van der Waals surface area (Å²) >= 11 is 0. The van der Waals surface area contributed by atoms with Crippen LogP contribution in [0.25, 0.3) is 22.6 Å². The Labute approximate surface area is 125 Å². The minimum atomic E-state index is -0.449. The van der Waals surface area contributed by atoms with E-state index in [1.165, 1.54) is 0 Å². The Hall–Kier alpha value is -2.96. The molecular weight excluding hydrogens is 284 g/mol. The molecule has 0 saturated carbocycles. The molecule has 0 aliphatic carbocycles. The van der Waals surface area contributed by atoms with Gasteiger partial charge in [-0.15, -0.1) is 0 Å². The van der Waals surface area contributed by atoms with Crippen LogP contribution in [0.15, 0.2) is 40.1 Å². The summed E-state index contributed by atoms with van der Waals surface area (Å²) in [7, 11) is 0. The van der Waals surface area contributed by atoms with Crippen LogP contribution in [-0.2, 0) is 0 Å². The van der Waals surface area contributed by atoms with Crippen molar-refractivity contribution in [2.24, 2.45) is 0 Å². The van der Waals surface area contributed by atoms with Crippen LogP contribution in [0.1, 0.15) is 13.3 Å². The Morgan fingerprint density at radius 3 is 2.82 bits per heavy atom. The Morgan fingerprint density at radius 1 is 1.18 bits per heavy atom. The fourth-order valence-corrected chi connectivity index (χ4v) is 2.07. The van der Waals surface area contributed by atoms with E-state index >= 15 is 0 Å². The average Bonchev–Trinajstić information content (AvgIpc) is 2.53. The van der Waals surface area contributed by atoms with Crippen LogP contribution in [0.5, 0.6) is 5.75 Å². The van der Waals surface area contributed by atoms with Crippen molar-refractivity contribution in [3.05, 3.63) is 51.2 Å². The van der Waals surface area contributed by atoms with Crippen LogP contribution in [-0.4, -0.2) is 26.5 Å². The Morgan fingerprint density at radius 2 is 2.00 bits per heavy atom. The lowest BCUT2D eigenvalue weighted by Gasteiger charge is -2.10. The van der Waals surface area contributed by atoms with E-state index in [2.05, 4.69) is 19.9 Å². The topological polar surface area (TPSA) is 101 Å². The molecule has 3 rings (SSSR count). The van der Waals surface area contributed by atoms with Gasteiger partial charge in [0.15, 0.2) is 11.2 Å². The molecular formula is C15H14N4O3. The summed E-state index contributed by atoms with van der Waals surface area (Å²) < 4.78 is 5.67. The fourth-order valence-electron chi connectivity index (χ4n) is 2.07. The Bertz CT molecular complexity index is 930. The summed E-state index contributed by atoms with van der Waals surface area (Å²) in [5, 5.41) is 0. The highest BCUT2D eigenvalue weighted by molar-refractivity contribution is 5.73. The highest BCUT2D eigenvalue weighted by Gasteiger charge is 2.11. The SMILES string of the molecule is CCCOc1ccccc1-c1nc2ncc(=O)[nH]c2c(=O)[nH]1. The van der Waals surface area contributed by atoms with Crippen LogP contribution in [0.2, 0.25) is 0 Å². The number of para-hydroxylation sites is 1. The van der Waals surface area contributed by atoms with Gasteiger partial charge < -0.3 is 14.7 Å². The molecule has 0 radical (unpaired) electrons. The lowest BCUT2D eigenvalue weighted by atomic mass is 10.2. The Balaban J connectivity index is 2.17. The lowest BCUT2D eigenvalue weighted by molar-refractivity contribution is 0.318. The van der Waals surface area contributed by atoms with Crippen LogP contribution < -0.4 is 15.9 Å². The van der Waals surface area contributed by atoms with Gasteiger partial charge in [-0.2, -0.15) is 0 Å². The van der Waals surface area contributed by atoms with Crippen LogP contribution in [0.3, 0.4) is 0 Å². The molecule has 0 aliphatic rings. The average molecular weight is 298 g/mol. The number of rotatable bonds is 4. The zero-order chi connectivity index (χ0) is 15.5. The van der Waals surface area contributed by atoms with Crippen LogP contribution in [0.4, 0.5) is 0 Å². The van der Waals surface area contributed by atoms with Crippen LogP contribution >= 0.6 is 0 Å². The predicted molar refractivity (Wildman–Crippen MR) is 82.0 cm³/mol. The largest absolute Gasteiger partial charge is 0.493 e. The molecule has 112 valence electrons. The van der Waals surface area contributed by atoms with E-state index in [1.54, 1.807) is 6.07 Å². The zero-order valence-corrected chi connectivity index (χ0v) is 11.9. The summed E-state index contributed by atoms with van der Waals surface area (Å²) in [5.74, 6) is 0.986. The third-order valence-corrected chi connectivity index (χ3v) is 3.06. The molecule has 0 spiro atoms. The fraction of sp³-hybridized carbons (Fsp3) is 0.200. The quantitative estimate of drug-likeness (QED) is 0.759. The van der Waals surface area contributed by atoms with Gasteiger partial charge in [0.1, 0.15) is 11.6 Å². The number of hydrogen-bond acceptors (Lipinski definition) is 5. The number of fused-ring (bicyclic) bond motifs is 1. The van der Waals surface area contributed by atoms with Crippen molar-refractivity contribution in [3.8, 4) is 17.1 Å². The third kappa shape index (κ3) is 2.60. The number of aromatic amines is 2. The monoisotopic (exact) mass is 298 g/mol. The van der Waals surface area contributed by atoms with Crippen molar-refractivity contribution in [3.63, 3.8) is 0 Å². The van der Waals surface area contributed by atoms with Gasteiger partial charge in [-0.1, -0.05) is 19.1 Å². The van der Waals surface area contributed by atoms with Crippen LogP contribution in [0, 0.1) is 0 Å². The maximum absolute atomic E-state index is 12.1. The maximum atomic E-state index is 12.1. The molecule has 1 aromatic carbocycles. The second-order valence-corrected chi connectivity index (χ2v) is 4.71. The molecule has 3 aromatic rings. The lowest BCUT2D eigenvalue weighted by Crippen LogP contribution is -2.17. The standard InChI is InChI=1S/C15H14N4O3/c1-2-7-22-10-6-4-3-5-9(10)13-18-14-12(15(21)19-13)17-11(20)8-16-14/h3-6,8H,2,7H2,1H3,(H,17,20)(H,16,18,19,21). The molecule has 0 fully saturated rings. The summed E-state index contributed by atoms with van der Waals surface area (Å²) in [4.78, 5) is 36.6. The summed E-state index contributed by atoms with van der Waals surface area (Å²) in [5.41, 5.74) is 0.0181. The number of hydrogen-bond donors (Lipinski definition) is 2. The molecule has 2 heterocycles. The van der Waals surface area contributed by atoms with Gasteiger partial charge in [0, 0.05) is 0 Å². The molecule has 7 nitrogen and oxygen atoms in total. The molecule has 0 bridgehead atoms. The highest BCUT2D eigenvalue weighted by atomic mass is 16.5. The van der Waals surface area contributed by atoms with Gasteiger partial charge in [-0.25, -0.2) is 9.97 Å². The van der Waals surface area contributed by atoms with Crippen molar-refractivity contribution >= 4 is 11.2 Å². The molecule has 0 unspecified atom stereocenters. The Kier molecular flexibility index (Phi) is 3.69. The number of benzene rings is 1. The smallest absolute Gasteiger partial charge is 0.277 e. The van der Waals surface area contributed by atoms with Crippen molar-refractivity contribution in [2.75, 3.05) is 6.61 Å². The molecule has 0 atom stereocenters.